The van der Waals surface area contributed by atoms with Gasteiger partial charge in [-0.05, 0) is 17.7 Å². The Labute approximate surface area is 90.8 Å². The molecule has 0 aliphatic rings. The Morgan fingerprint density at radius 2 is 1.91 bits per heavy atom. The molecule has 0 saturated carbocycles. The Hall–Kier alpha value is 0.0762. The Balaban J connectivity index is -0.000000333. The van der Waals surface area contributed by atoms with Gasteiger partial charge in [0.05, 0.1) is 7.11 Å². The minimum Gasteiger partial charge on any atom is -1.00 e. The van der Waals surface area contributed by atoms with Crippen LogP contribution in [0.5, 0.6) is 5.75 Å². The molecular weight excluding hydrogens is 172 g/mol. The molecule has 0 atom stereocenters. The zero-order valence-corrected chi connectivity index (χ0v) is 8.68. The van der Waals surface area contributed by atoms with Gasteiger partial charge in [0, 0.05) is 5.88 Å². The molecule has 0 amide bonds. The fraction of sp³-hybridized carbons (Fsp3) is 0.250. The molecule has 0 aliphatic carbocycles. The summed E-state index contributed by atoms with van der Waals surface area (Å²) in [6.45, 7) is 0. The molecule has 0 bridgehead atoms. The van der Waals surface area contributed by atoms with Gasteiger partial charge < -0.3 is 7.59 Å². The first-order chi connectivity index (χ1) is 4.86. The molecule has 0 aromatic heterocycles. The van der Waals surface area contributed by atoms with Gasteiger partial charge in [0.2, 0.25) is 0 Å². The monoisotopic (exact) mass is 182 g/mol. The second-order valence-corrected chi connectivity index (χ2v) is 2.25. The maximum absolute atomic E-state index is 5.58. The third kappa shape index (κ3) is 3.32. The number of hydrogen-bond donors (Lipinski definition) is 0. The molecule has 0 saturated heterocycles. The van der Waals surface area contributed by atoms with Crippen molar-refractivity contribution in [2.45, 2.75) is 5.88 Å². The molecule has 0 aliphatic heterocycles. The quantitative estimate of drug-likeness (QED) is 0.504. The average Bonchev–Trinajstić information content (AvgIpc) is 2.05. The van der Waals surface area contributed by atoms with Crippen LogP contribution in [0.2, 0.25) is 0 Å². The van der Waals surface area contributed by atoms with E-state index in [-0.39, 0.29) is 25.9 Å². The smallest absolute Gasteiger partial charge is 1.00 e. The van der Waals surface area contributed by atoms with Crippen LogP contribution in [0.3, 0.4) is 0 Å². The molecule has 0 N–H and O–H groups in total. The van der Waals surface area contributed by atoms with Gasteiger partial charge in [-0.2, -0.15) is 0 Å². The summed E-state index contributed by atoms with van der Waals surface area (Å²) in [7, 11) is 1.65. The van der Waals surface area contributed by atoms with Crippen LogP contribution in [-0.4, -0.2) is 30.2 Å². The number of alkyl halides is 1. The molecule has 0 spiro atoms. The summed E-state index contributed by atoms with van der Waals surface area (Å²) in [5, 5.41) is 0. The molecule has 0 unspecified atom stereocenters. The maximum atomic E-state index is 5.58. The summed E-state index contributed by atoms with van der Waals surface area (Å²) in [5.74, 6) is 1.43. The van der Waals surface area contributed by atoms with E-state index in [1.807, 2.05) is 24.3 Å². The van der Waals surface area contributed by atoms with Crippen molar-refractivity contribution >= 4 is 34.7 Å². The molecule has 3 heteroatoms. The predicted molar refractivity (Wildman–Crippen MR) is 50.5 cm³/mol. The van der Waals surface area contributed by atoms with E-state index in [0.29, 0.717) is 5.88 Å². The zero-order valence-electron chi connectivity index (χ0n) is 8.51. The van der Waals surface area contributed by atoms with Crippen LogP contribution in [0.15, 0.2) is 24.3 Å². The van der Waals surface area contributed by atoms with Gasteiger partial charge in [0.15, 0.2) is 0 Å². The normalized spacial score (nSPS) is 8.55. The Morgan fingerprint density at radius 1 is 1.36 bits per heavy atom. The van der Waals surface area contributed by atoms with E-state index in [9.17, 15) is 0 Å². The molecule has 1 nitrogen and oxygen atoms in total. The van der Waals surface area contributed by atoms with E-state index < -0.39 is 0 Å². The van der Waals surface area contributed by atoms with E-state index in [4.69, 9.17) is 16.3 Å². The number of ether oxygens (including phenoxy) is 1. The number of methoxy groups -OCH3 is 1. The summed E-state index contributed by atoms with van der Waals surface area (Å²) < 4.78 is 4.97. The first kappa shape index (κ1) is 11.1. The minimum atomic E-state index is 0. The molecule has 0 heterocycles. The Bertz CT molecular complexity index is 183. The van der Waals surface area contributed by atoms with Crippen molar-refractivity contribution in [1.29, 1.82) is 0 Å². The third-order valence-electron chi connectivity index (χ3n) is 1.31. The minimum absolute atomic E-state index is 0. The Kier molecular flexibility index (Phi) is 5.73. The summed E-state index contributed by atoms with van der Waals surface area (Å²) in [6.07, 6.45) is 0. The molecule has 58 valence electrons. The van der Waals surface area contributed by atoms with Crippen LogP contribution in [0.25, 0.3) is 0 Å². The number of rotatable bonds is 2. The van der Waals surface area contributed by atoms with Crippen molar-refractivity contribution in [3.8, 4) is 5.75 Å². The fourth-order valence-electron chi connectivity index (χ4n) is 0.715. The molecular formula is C8H11ClMgO. The van der Waals surface area contributed by atoms with Gasteiger partial charge >= 0.3 is 23.1 Å². The molecule has 1 rings (SSSR count). The van der Waals surface area contributed by atoms with E-state index in [2.05, 4.69) is 0 Å². The van der Waals surface area contributed by atoms with Crippen LogP contribution < -0.4 is 4.74 Å². The number of hydrogen-bond acceptors (Lipinski definition) is 1. The fourth-order valence-corrected chi connectivity index (χ4v) is 0.893. The van der Waals surface area contributed by atoms with Crippen LogP contribution in [0.4, 0.5) is 0 Å². The molecule has 0 radical (unpaired) electrons. The Morgan fingerprint density at radius 3 is 2.27 bits per heavy atom. The molecule has 0 fully saturated rings. The second kappa shape index (κ2) is 5.69. The molecule has 1 aromatic rings. The van der Waals surface area contributed by atoms with E-state index in [1.54, 1.807) is 7.11 Å². The van der Waals surface area contributed by atoms with Gasteiger partial charge in [-0.25, -0.2) is 0 Å². The topological polar surface area (TPSA) is 9.23 Å². The van der Waals surface area contributed by atoms with Crippen molar-refractivity contribution < 1.29 is 7.59 Å². The first-order valence-corrected chi connectivity index (χ1v) is 3.59. The largest absolute Gasteiger partial charge is 2.00 e. The SMILES string of the molecule is COc1ccc(CCl)cc1.[H-].[H-].[Mg+2]. The number of halogens is 1. The zero-order chi connectivity index (χ0) is 7.40. The average molecular weight is 183 g/mol. The van der Waals surface area contributed by atoms with Crippen molar-refractivity contribution in [3.63, 3.8) is 0 Å². The summed E-state index contributed by atoms with van der Waals surface area (Å²) >= 11 is 5.58. The van der Waals surface area contributed by atoms with Crippen molar-refractivity contribution in [1.82, 2.24) is 0 Å². The second-order valence-electron chi connectivity index (χ2n) is 1.98. The number of benzene rings is 1. The van der Waals surface area contributed by atoms with Crippen LogP contribution >= 0.6 is 11.6 Å². The molecule has 11 heavy (non-hydrogen) atoms. The standard InChI is InChI=1S/C8H9ClO.Mg.2H/c1-10-8-4-2-7(6-9)3-5-8;;;/h2-5H,6H2,1H3;;;/q;+2;2*-1. The van der Waals surface area contributed by atoms with Gasteiger partial charge in [-0.3, -0.25) is 0 Å². The summed E-state index contributed by atoms with van der Waals surface area (Å²) in [6, 6.07) is 7.70. The predicted octanol–water partition coefficient (Wildman–Crippen LogP) is 2.28. The van der Waals surface area contributed by atoms with E-state index in [1.165, 1.54) is 0 Å². The molecule has 1 aromatic carbocycles. The van der Waals surface area contributed by atoms with Gasteiger partial charge in [0.1, 0.15) is 5.75 Å². The summed E-state index contributed by atoms with van der Waals surface area (Å²) in [5.41, 5.74) is 1.11. The maximum Gasteiger partial charge on any atom is 2.00 e. The van der Waals surface area contributed by atoms with Crippen molar-refractivity contribution in [3.05, 3.63) is 29.8 Å². The first-order valence-electron chi connectivity index (χ1n) is 3.05. The van der Waals surface area contributed by atoms with E-state index >= 15 is 0 Å². The van der Waals surface area contributed by atoms with Crippen LogP contribution in [0.1, 0.15) is 8.42 Å². The van der Waals surface area contributed by atoms with Crippen molar-refractivity contribution in [2.24, 2.45) is 0 Å². The summed E-state index contributed by atoms with van der Waals surface area (Å²) in [4.78, 5) is 0. The van der Waals surface area contributed by atoms with Gasteiger partial charge in [0.25, 0.3) is 0 Å². The van der Waals surface area contributed by atoms with Crippen molar-refractivity contribution in [2.75, 3.05) is 7.11 Å². The van der Waals surface area contributed by atoms with Crippen LogP contribution in [0, 0.1) is 0 Å². The van der Waals surface area contributed by atoms with Crippen LogP contribution in [-0.2, 0) is 5.88 Å². The van der Waals surface area contributed by atoms with Gasteiger partial charge in [-0.1, -0.05) is 12.1 Å². The third-order valence-corrected chi connectivity index (χ3v) is 1.62. The van der Waals surface area contributed by atoms with E-state index in [0.717, 1.165) is 11.3 Å². The van der Waals surface area contributed by atoms with Gasteiger partial charge in [-0.15, -0.1) is 11.6 Å².